The van der Waals surface area contributed by atoms with Crippen molar-refractivity contribution in [2.75, 3.05) is 7.11 Å². The molecule has 2 aromatic rings. The third kappa shape index (κ3) is 3.28. The second-order valence-corrected chi connectivity index (χ2v) is 5.37. The number of halogens is 2. The van der Waals surface area contributed by atoms with E-state index in [2.05, 4.69) is 21.4 Å². The SMILES string of the molecule is COc1cccc(C(NN)c2cc(Br)ccc2Cl)c1. The van der Waals surface area contributed by atoms with Crippen LogP contribution >= 0.6 is 27.5 Å². The van der Waals surface area contributed by atoms with E-state index in [-0.39, 0.29) is 6.04 Å². The Balaban J connectivity index is 2.46. The van der Waals surface area contributed by atoms with Crippen molar-refractivity contribution in [2.24, 2.45) is 5.84 Å². The number of hydrogen-bond donors (Lipinski definition) is 2. The van der Waals surface area contributed by atoms with Gasteiger partial charge in [-0.2, -0.15) is 0 Å². The molecule has 0 saturated heterocycles. The normalized spacial score (nSPS) is 12.2. The molecule has 0 amide bonds. The second kappa shape index (κ2) is 6.39. The summed E-state index contributed by atoms with van der Waals surface area (Å²) in [6.07, 6.45) is 0. The van der Waals surface area contributed by atoms with Gasteiger partial charge in [0.1, 0.15) is 5.75 Å². The van der Waals surface area contributed by atoms with Gasteiger partial charge in [0.05, 0.1) is 13.2 Å². The van der Waals surface area contributed by atoms with E-state index in [1.54, 1.807) is 7.11 Å². The summed E-state index contributed by atoms with van der Waals surface area (Å²) in [5, 5.41) is 0.661. The molecule has 3 nitrogen and oxygen atoms in total. The molecule has 1 atom stereocenters. The highest BCUT2D eigenvalue weighted by Gasteiger charge is 2.16. The molecule has 100 valence electrons. The predicted molar refractivity (Wildman–Crippen MR) is 81.3 cm³/mol. The van der Waals surface area contributed by atoms with E-state index < -0.39 is 0 Å². The van der Waals surface area contributed by atoms with E-state index in [0.717, 1.165) is 21.3 Å². The van der Waals surface area contributed by atoms with Crippen molar-refractivity contribution < 1.29 is 4.74 Å². The summed E-state index contributed by atoms with van der Waals surface area (Å²) in [4.78, 5) is 0. The highest BCUT2D eigenvalue weighted by molar-refractivity contribution is 9.10. The summed E-state index contributed by atoms with van der Waals surface area (Å²) < 4.78 is 6.18. The van der Waals surface area contributed by atoms with Gasteiger partial charge in [0.25, 0.3) is 0 Å². The van der Waals surface area contributed by atoms with Gasteiger partial charge in [0.2, 0.25) is 0 Å². The van der Waals surface area contributed by atoms with Crippen molar-refractivity contribution >= 4 is 27.5 Å². The second-order valence-electron chi connectivity index (χ2n) is 4.04. The molecule has 3 N–H and O–H groups in total. The van der Waals surface area contributed by atoms with Crippen LogP contribution in [0.1, 0.15) is 17.2 Å². The Hall–Kier alpha value is -1.07. The maximum absolute atomic E-state index is 6.25. The maximum Gasteiger partial charge on any atom is 0.119 e. The smallest absolute Gasteiger partial charge is 0.119 e. The molecule has 19 heavy (non-hydrogen) atoms. The number of rotatable bonds is 4. The lowest BCUT2D eigenvalue weighted by Crippen LogP contribution is -2.29. The number of ether oxygens (including phenoxy) is 1. The molecule has 0 fully saturated rings. The molecule has 0 heterocycles. The van der Waals surface area contributed by atoms with Crippen LogP contribution in [0.5, 0.6) is 5.75 Å². The molecule has 0 radical (unpaired) electrons. The van der Waals surface area contributed by atoms with Crippen LogP contribution in [0.15, 0.2) is 46.9 Å². The number of hydrazine groups is 1. The number of nitrogens with two attached hydrogens (primary N) is 1. The zero-order valence-corrected chi connectivity index (χ0v) is 12.7. The Kier molecular flexibility index (Phi) is 4.82. The van der Waals surface area contributed by atoms with Gasteiger partial charge in [-0.3, -0.25) is 5.84 Å². The first-order chi connectivity index (χ1) is 9.15. The number of hydrogen-bond acceptors (Lipinski definition) is 3. The van der Waals surface area contributed by atoms with Crippen molar-refractivity contribution in [1.82, 2.24) is 5.43 Å². The molecule has 2 rings (SSSR count). The highest BCUT2D eigenvalue weighted by atomic mass is 79.9. The standard InChI is InChI=1S/C14H14BrClN2O/c1-19-11-4-2-3-9(7-11)14(18-17)12-8-10(15)5-6-13(12)16/h2-8,14,18H,17H2,1H3. The lowest BCUT2D eigenvalue weighted by atomic mass is 9.99. The monoisotopic (exact) mass is 340 g/mol. The molecule has 0 aliphatic rings. The molecule has 2 aromatic carbocycles. The van der Waals surface area contributed by atoms with E-state index in [0.29, 0.717) is 5.02 Å². The first kappa shape index (κ1) is 14.3. The van der Waals surface area contributed by atoms with E-state index in [9.17, 15) is 0 Å². The zero-order valence-electron chi connectivity index (χ0n) is 10.4. The molecule has 1 unspecified atom stereocenters. The number of nitrogens with one attached hydrogen (secondary N) is 1. The molecular formula is C14H14BrClN2O. The summed E-state index contributed by atoms with van der Waals surface area (Å²) in [7, 11) is 1.63. The Labute approximate surface area is 125 Å². The molecule has 0 aromatic heterocycles. The first-order valence-electron chi connectivity index (χ1n) is 5.70. The van der Waals surface area contributed by atoms with Crippen LogP contribution in [0.2, 0.25) is 5.02 Å². The first-order valence-corrected chi connectivity index (χ1v) is 6.88. The molecule has 0 bridgehead atoms. The number of benzene rings is 2. The van der Waals surface area contributed by atoms with Crippen LogP contribution in [0.3, 0.4) is 0 Å². The Morgan fingerprint density at radius 3 is 2.74 bits per heavy atom. The molecule has 0 saturated carbocycles. The largest absolute Gasteiger partial charge is 0.497 e. The number of methoxy groups -OCH3 is 1. The molecular weight excluding hydrogens is 328 g/mol. The minimum atomic E-state index is -0.194. The van der Waals surface area contributed by atoms with E-state index in [4.69, 9.17) is 22.2 Å². The van der Waals surface area contributed by atoms with Crippen LogP contribution in [0, 0.1) is 0 Å². The fraction of sp³-hybridized carbons (Fsp3) is 0.143. The van der Waals surface area contributed by atoms with E-state index >= 15 is 0 Å². The van der Waals surface area contributed by atoms with Crippen LogP contribution in [-0.4, -0.2) is 7.11 Å². The summed E-state index contributed by atoms with van der Waals surface area (Å²) in [5.74, 6) is 6.46. The van der Waals surface area contributed by atoms with Crippen molar-refractivity contribution in [2.45, 2.75) is 6.04 Å². The van der Waals surface area contributed by atoms with Crippen molar-refractivity contribution in [3.05, 3.63) is 63.1 Å². The Morgan fingerprint density at radius 1 is 1.26 bits per heavy atom. The van der Waals surface area contributed by atoms with Gasteiger partial charge in [0.15, 0.2) is 0 Å². The van der Waals surface area contributed by atoms with Gasteiger partial charge in [-0.1, -0.05) is 39.7 Å². The third-order valence-electron chi connectivity index (χ3n) is 2.86. The molecule has 5 heteroatoms. The van der Waals surface area contributed by atoms with E-state index in [1.165, 1.54) is 0 Å². The maximum atomic E-state index is 6.25. The van der Waals surface area contributed by atoms with Crippen molar-refractivity contribution in [3.8, 4) is 5.75 Å². The summed E-state index contributed by atoms with van der Waals surface area (Å²) in [5.41, 5.74) is 4.69. The van der Waals surface area contributed by atoms with Gasteiger partial charge in [-0.15, -0.1) is 0 Å². The minimum absolute atomic E-state index is 0.194. The molecule has 0 spiro atoms. The third-order valence-corrected chi connectivity index (χ3v) is 3.70. The quantitative estimate of drug-likeness (QED) is 0.659. The Morgan fingerprint density at radius 2 is 2.05 bits per heavy atom. The van der Waals surface area contributed by atoms with Crippen LogP contribution in [-0.2, 0) is 0 Å². The minimum Gasteiger partial charge on any atom is -0.497 e. The fourth-order valence-corrected chi connectivity index (χ4v) is 2.53. The summed E-state index contributed by atoms with van der Waals surface area (Å²) in [6.45, 7) is 0. The lowest BCUT2D eigenvalue weighted by Gasteiger charge is -2.19. The Bertz CT molecular complexity index is 577. The fourth-order valence-electron chi connectivity index (χ4n) is 1.92. The zero-order chi connectivity index (χ0) is 13.8. The van der Waals surface area contributed by atoms with Crippen molar-refractivity contribution in [3.63, 3.8) is 0 Å². The van der Waals surface area contributed by atoms with Crippen molar-refractivity contribution in [1.29, 1.82) is 0 Å². The average molecular weight is 342 g/mol. The van der Waals surface area contributed by atoms with Gasteiger partial charge < -0.3 is 4.74 Å². The summed E-state index contributed by atoms with van der Waals surface area (Å²) in [6, 6.07) is 13.2. The van der Waals surface area contributed by atoms with Crippen LogP contribution in [0.4, 0.5) is 0 Å². The highest BCUT2D eigenvalue weighted by Crippen LogP contribution is 2.31. The lowest BCUT2D eigenvalue weighted by molar-refractivity contribution is 0.413. The van der Waals surface area contributed by atoms with Gasteiger partial charge in [0, 0.05) is 9.50 Å². The summed E-state index contributed by atoms with van der Waals surface area (Å²) >= 11 is 9.69. The van der Waals surface area contributed by atoms with Gasteiger partial charge in [-0.05, 0) is 41.5 Å². The van der Waals surface area contributed by atoms with Gasteiger partial charge >= 0.3 is 0 Å². The van der Waals surface area contributed by atoms with Gasteiger partial charge in [-0.25, -0.2) is 5.43 Å². The van der Waals surface area contributed by atoms with Crippen LogP contribution in [0.25, 0.3) is 0 Å². The topological polar surface area (TPSA) is 47.3 Å². The van der Waals surface area contributed by atoms with Crippen LogP contribution < -0.4 is 16.0 Å². The predicted octanol–water partition coefficient (Wildman–Crippen LogP) is 3.66. The average Bonchev–Trinajstić information content (AvgIpc) is 2.44. The van der Waals surface area contributed by atoms with E-state index in [1.807, 2.05) is 42.5 Å². The molecule has 0 aliphatic heterocycles. The molecule has 0 aliphatic carbocycles.